The predicted molar refractivity (Wildman–Crippen MR) is 134 cm³/mol. The minimum atomic E-state index is -0.388. The fourth-order valence-corrected chi connectivity index (χ4v) is 5.44. The summed E-state index contributed by atoms with van der Waals surface area (Å²) in [7, 11) is 1.91. The summed E-state index contributed by atoms with van der Waals surface area (Å²) in [6, 6.07) is 15.0. The second-order valence-electron chi connectivity index (χ2n) is 9.37. The molecule has 1 fully saturated rings. The van der Waals surface area contributed by atoms with Crippen LogP contribution in [0.25, 0.3) is 11.0 Å². The highest BCUT2D eigenvalue weighted by Crippen LogP contribution is 2.32. The number of amides is 1. The Balaban J connectivity index is 1.15. The zero-order chi connectivity index (χ0) is 23.9. The molecule has 2 aliphatic rings. The third-order valence-electron chi connectivity index (χ3n) is 7.37. The molecule has 3 heterocycles. The molecule has 4 aromatic rings. The third-order valence-corrected chi connectivity index (χ3v) is 7.37. The van der Waals surface area contributed by atoms with Crippen molar-refractivity contribution in [2.75, 3.05) is 29.9 Å². The Bertz CT molecular complexity index is 1400. The molecule has 0 radical (unpaired) electrons. The zero-order valence-corrected chi connectivity index (χ0v) is 19.5. The van der Waals surface area contributed by atoms with E-state index in [1.54, 1.807) is 18.5 Å². The number of nitrogens with zero attached hydrogens (tertiary/aromatic N) is 4. The van der Waals surface area contributed by atoms with Crippen molar-refractivity contribution in [3.05, 3.63) is 83.6 Å². The van der Waals surface area contributed by atoms with Gasteiger partial charge >= 0.3 is 0 Å². The van der Waals surface area contributed by atoms with Crippen LogP contribution in [0.1, 0.15) is 40.4 Å². The van der Waals surface area contributed by atoms with Gasteiger partial charge < -0.3 is 20.1 Å². The van der Waals surface area contributed by atoms with Crippen molar-refractivity contribution < 1.29 is 9.18 Å². The Morgan fingerprint density at radius 1 is 1.17 bits per heavy atom. The molecular weight excluding hydrogens is 443 g/mol. The normalized spacial score (nSPS) is 19.2. The fourth-order valence-electron chi connectivity index (χ4n) is 5.44. The number of H-pyrrole nitrogens is 1. The van der Waals surface area contributed by atoms with Crippen LogP contribution in [0.15, 0.2) is 61.1 Å². The average molecular weight is 471 g/mol. The number of nitrogens with one attached hydrogen (secondary N) is 2. The van der Waals surface area contributed by atoms with Gasteiger partial charge in [0.1, 0.15) is 23.6 Å². The Kier molecular flexibility index (Phi) is 5.36. The highest BCUT2D eigenvalue weighted by Gasteiger charge is 2.30. The SMILES string of the molecule is CN(c1ccc(C(=O)N[C@@H]2CCc3ccccc32)cc1F)[C@@H]1CCN(c2ncnc3[nH]ccc23)C1. The van der Waals surface area contributed by atoms with Gasteiger partial charge in [0.15, 0.2) is 0 Å². The molecular formula is C27H27FN6O. The van der Waals surface area contributed by atoms with Crippen LogP contribution in [0.4, 0.5) is 15.9 Å². The fraction of sp³-hybridized carbons (Fsp3) is 0.296. The van der Waals surface area contributed by atoms with Gasteiger partial charge in [-0.05, 0) is 54.7 Å². The maximum atomic E-state index is 15.2. The van der Waals surface area contributed by atoms with Crippen LogP contribution in [-0.4, -0.2) is 47.0 Å². The summed E-state index contributed by atoms with van der Waals surface area (Å²) in [6.45, 7) is 1.56. The molecule has 2 aromatic heterocycles. The third kappa shape index (κ3) is 3.88. The Morgan fingerprint density at radius 2 is 2.06 bits per heavy atom. The molecule has 35 heavy (non-hydrogen) atoms. The highest BCUT2D eigenvalue weighted by atomic mass is 19.1. The zero-order valence-electron chi connectivity index (χ0n) is 19.5. The number of anilines is 2. The number of carbonyl (C=O) groups is 1. The van der Waals surface area contributed by atoms with Crippen LogP contribution < -0.4 is 15.1 Å². The van der Waals surface area contributed by atoms with E-state index < -0.39 is 0 Å². The quantitative estimate of drug-likeness (QED) is 0.457. The van der Waals surface area contributed by atoms with Gasteiger partial charge in [-0.3, -0.25) is 4.79 Å². The van der Waals surface area contributed by atoms with Crippen molar-refractivity contribution >= 4 is 28.4 Å². The lowest BCUT2D eigenvalue weighted by molar-refractivity contribution is 0.0936. The van der Waals surface area contributed by atoms with Crippen LogP contribution in [0.3, 0.4) is 0 Å². The van der Waals surface area contributed by atoms with Crippen LogP contribution in [-0.2, 0) is 6.42 Å². The second-order valence-corrected chi connectivity index (χ2v) is 9.37. The van der Waals surface area contributed by atoms with Crippen LogP contribution in [0.5, 0.6) is 0 Å². The highest BCUT2D eigenvalue weighted by molar-refractivity contribution is 5.95. The summed E-state index contributed by atoms with van der Waals surface area (Å²) in [5.74, 6) is 0.264. The number of rotatable bonds is 5. The summed E-state index contributed by atoms with van der Waals surface area (Å²) < 4.78 is 15.2. The van der Waals surface area contributed by atoms with Gasteiger partial charge in [0.25, 0.3) is 5.91 Å². The summed E-state index contributed by atoms with van der Waals surface area (Å²) >= 11 is 0. The van der Waals surface area contributed by atoms with E-state index in [-0.39, 0.29) is 23.8 Å². The summed E-state index contributed by atoms with van der Waals surface area (Å²) in [5.41, 5.74) is 4.07. The number of hydrogen-bond donors (Lipinski definition) is 2. The van der Waals surface area contributed by atoms with Crippen molar-refractivity contribution in [2.45, 2.75) is 31.3 Å². The van der Waals surface area contributed by atoms with E-state index in [0.29, 0.717) is 11.3 Å². The van der Waals surface area contributed by atoms with E-state index in [9.17, 15) is 4.79 Å². The van der Waals surface area contributed by atoms with Crippen molar-refractivity contribution in [3.63, 3.8) is 0 Å². The van der Waals surface area contributed by atoms with Crippen molar-refractivity contribution in [3.8, 4) is 0 Å². The second kappa shape index (κ2) is 8.69. The maximum absolute atomic E-state index is 15.2. The van der Waals surface area contributed by atoms with E-state index in [2.05, 4.69) is 37.3 Å². The van der Waals surface area contributed by atoms with Crippen LogP contribution in [0, 0.1) is 5.82 Å². The lowest BCUT2D eigenvalue weighted by atomic mass is 10.1. The number of fused-ring (bicyclic) bond motifs is 2. The molecule has 1 saturated heterocycles. The van der Waals surface area contributed by atoms with Gasteiger partial charge in [-0.2, -0.15) is 0 Å². The molecule has 178 valence electrons. The van der Waals surface area contributed by atoms with Gasteiger partial charge in [-0.25, -0.2) is 14.4 Å². The minimum Gasteiger partial charge on any atom is -0.367 e. The molecule has 0 bridgehead atoms. The topological polar surface area (TPSA) is 77.2 Å². The Labute approximate surface area is 203 Å². The molecule has 0 saturated carbocycles. The molecule has 2 N–H and O–H groups in total. The molecule has 7 nitrogen and oxygen atoms in total. The number of hydrogen-bond acceptors (Lipinski definition) is 5. The summed E-state index contributed by atoms with van der Waals surface area (Å²) in [6.07, 6.45) is 6.13. The first kappa shape index (κ1) is 21.6. The number of aromatic nitrogens is 3. The van der Waals surface area contributed by atoms with Crippen molar-refractivity contribution in [1.29, 1.82) is 0 Å². The van der Waals surface area contributed by atoms with Gasteiger partial charge in [-0.1, -0.05) is 24.3 Å². The largest absolute Gasteiger partial charge is 0.367 e. The van der Waals surface area contributed by atoms with Crippen LogP contribution in [0.2, 0.25) is 0 Å². The predicted octanol–water partition coefficient (Wildman–Crippen LogP) is 4.23. The Morgan fingerprint density at radius 3 is 2.94 bits per heavy atom. The van der Waals surface area contributed by atoms with E-state index >= 15 is 4.39 Å². The molecule has 6 rings (SSSR count). The molecule has 8 heteroatoms. The standard InChI is InChI=1S/C27H27FN6O/c1-33(19-11-13-34(15-19)26-21-10-12-29-25(21)30-16-31-26)24-9-7-18(14-22(24)28)27(35)32-23-8-6-17-4-2-3-5-20(17)23/h2-5,7,9-10,12,14,16,19,23H,6,8,11,13,15H2,1H3,(H,32,35)(H,29,30,31)/t19-,23-/m1/s1. The van der Waals surface area contributed by atoms with E-state index in [4.69, 9.17) is 0 Å². The first-order valence-electron chi connectivity index (χ1n) is 12.0. The smallest absolute Gasteiger partial charge is 0.251 e. The lowest BCUT2D eigenvalue weighted by Crippen LogP contribution is -2.35. The van der Waals surface area contributed by atoms with Crippen molar-refractivity contribution in [2.24, 2.45) is 0 Å². The summed E-state index contributed by atoms with van der Waals surface area (Å²) in [5, 5.41) is 4.07. The monoisotopic (exact) mass is 470 g/mol. The maximum Gasteiger partial charge on any atom is 0.251 e. The number of likely N-dealkylation sites (N-methyl/N-ethyl adjacent to an activating group) is 1. The molecule has 2 atom stereocenters. The molecule has 1 aliphatic carbocycles. The molecule has 2 aromatic carbocycles. The average Bonchev–Trinajstić information content (AvgIpc) is 3.63. The van der Waals surface area contributed by atoms with E-state index in [1.165, 1.54) is 11.6 Å². The number of carbonyl (C=O) groups excluding carboxylic acids is 1. The molecule has 1 aliphatic heterocycles. The van der Waals surface area contributed by atoms with Gasteiger partial charge in [0.05, 0.1) is 17.1 Å². The summed E-state index contributed by atoms with van der Waals surface area (Å²) in [4.78, 5) is 28.9. The minimum absolute atomic E-state index is 0.0260. The number of benzene rings is 2. The lowest BCUT2D eigenvalue weighted by Gasteiger charge is -2.28. The number of aryl methyl sites for hydroxylation is 1. The van der Waals surface area contributed by atoms with Gasteiger partial charge in [-0.15, -0.1) is 0 Å². The molecule has 0 spiro atoms. The van der Waals surface area contributed by atoms with Gasteiger partial charge in [0, 0.05) is 37.9 Å². The van der Waals surface area contributed by atoms with Crippen LogP contribution >= 0.6 is 0 Å². The van der Waals surface area contributed by atoms with Crippen molar-refractivity contribution in [1.82, 2.24) is 20.3 Å². The van der Waals surface area contributed by atoms with E-state index in [1.807, 2.05) is 36.3 Å². The number of halogens is 1. The molecule has 1 amide bonds. The first-order chi connectivity index (χ1) is 17.1. The Hall–Kier alpha value is -3.94. The number of aromatic amines is 1. The first-order valence-corrected chi connectivity index (χ1v) is 12.0. The van der Waals surface area contributed by atoms with Gasteiger partial charge in [0.2, 0.25) is 0 Å². The molecule has 0 unspecified atom stereocenters. The van der Waals surface area contributed by atoms with E-state index in [0.717, 1.165) is 54.8 Å².